The van der Waals surface area contributed by atoms with Crippen molar-refractivity contribution >= 4 is 0 Å². The summed E-state index contributed by atoms with van der Waals surface area (Å²) in [5.74, 6) is 4.94. The van der Waals surface area contributed by atoms with Crippen LogP contribution in [-0.2, 0) is 6.18 Å². The maximum absolute atomic E-state index is 14.0. The van der Waals surface area contributed by atoms with Gasteiger partial charge in [0.15, 0.2) is 0 Å². The Morgan fingerprint density at radius 2 is 1.71 bits per heavy atom. The van der Waals surface area contributed by atoms with Gasteiger partial charge in [0.2, 0.25) is 0 Å². The molecule has 118 valence electrons. The Hall–Kier alpha value is -1.14. The van der Waals surface area contributed by atoms with E-state index in [1.54, 1.807) is 0 Å². The first-order valence-corrected chi connectivity index (χ1v) is 7.26. The highest BCUT2D eigenvalue weighted by molar-refractivity contribution is 5.30. The molecule has 1 aromatic rings. The van der Waals surface area contributed by atoms with Crippen molar-refractivity contribution in [1.29, 1.82) is 0 Å². The number of rotatable bonds is 3. The number of benzene rings is 1. The monoisotopic (exact) mass is 304 g/mol. The van der Waals surface area contributed by atoms with Gasteiger partial charge in [-0.25, -0.2) is 4.39 Å². The molecule has 0 radical (unpaired) electrons. The van der Waals surface area contributed by atoms with Gasteiger partial charge in [0.25, 0.3) is 0 Å². The Labute approximate surface area is 121 Å². The Bertz CT molecular complexity index is 465. The van der Waals surface area contributed by atoms with E-state index in [0.717, 1.165) is 56.7 Å². The molecule has 0 aromatic heterocycles. The van der Waals surface area contributed by atoms with E-state index in [1.165, 1.54) is 0 Å². The van der Waals surface area contributed by atoms with Gasteiger partial charge in [-0.05, 0) is 37.0 Å². The van der Waals surface area contributed by atoms with Crippen molar-refractivity contribution < 1.29 is 17.6 Å². The zero-order valence-electron chi connectivity index (χ0n) is 11.7. The SMILES string of the molecule is NNC(c1cc(C(F)(F)F)ccc1F)C1CCCCCC1. The Morgan fingerprint density at radius 3 is 2.24 bits per heavy atom. The third kappa shape index (κ3) is 3.95. The normalized spacial score (nSPS) is 19.3. The van der Waals surface area contributed by atoms with E-state index in [1.807, 2.05) is 0 Å². The Morgan fingerprint density at radius 1 is 1.10 bits per heavy atom. The standard InChI is InChI=1S/C15H20F4N2/c16-13-8-7-11(15(17,18)19)9-12(13)14(21-20)10-5-3-1-2-4-6-10/h7-10,14,21H,1-6,20H2. The molecular formula is C15H20F4N2. The predicted molar refractivity (Wildman–Crippen MR) is 72.7 cm³/mol. The molecule has 1 atom stereocenters. The minimum absolute atomic E-state index is 0.0132. The van der Waals surface area contributed by atoms with Crippen molar-refractivity contribution in [2.24, 2.45) is 11.8 Å². The van der Waals surface area contributed by atoms with Gasteiger partial charge < -0.3 is 0 Å². The van der Waals surface area contributed by atoms with E-state index in [4.69, 9.17) is 5.84 Å². The summed E-state index contributed by atoms with van der Waals surface area (Å²) >= 11 is 0. The van der Waals surface area contributed by atoms with Crippen molar-refractivity contribution in [1.82, 2.24) is 5.43 Å². The second-order valence-corrected chi connectivity index (χ2v) is 5.63. The van der Waals surface area contributed by atoms with Crippen molar-refractivity contribution in [3.8, 4) is 0 Å². The molecule has 1 aliphatic carbocycles. The zero-order valence-corrected chi connectivity index (χ0v) is 11.7. The van der Waals surface area contributed by atoms with E-state index in [-0.39, 0.29) is 11.5 Å². The van der Waals surface area contributed by atoms with E-state index in [2.05, 4.69) is 5.43 Å². The quantitative estimate of drug-likeness (QED) is 0.378. The third-order valence-corrected chi connectivity index (χ3v) is 4.21. The number of hydrazine groups is 1. The molecule has 0 saturated heterocycles. The molecule has 1 unspecified atom stereocenters. The summed E-state index contributed by atoms with van der Waals surface area (Å²) in [4.78, 5) is 0. The summed E-state index contributed by atoms with van der Waals surface area (Å²) in [5.41, 5.74) is 1.70. The van der Waals surface area contributed by atoms with E-state index < -0.39 is 23.6 Å². The van der Waals surface area contributed by atoms with Gasteiger partial charge in [-0.3, -0.25) is 11.3 Å². The lowest BCUT2D eigenvalue weighted by atomic mass is 9.86. The van der Waals surface area contributed by atoms with Crippen LogP contribution in [0.3, 0.4) is 0 Å². The lowest BCUT2D eigenvalue weighted by Crippen LogP contribution is -2.34. The number of hydrogen-bond donors (Lipinski definition) is 2. The fourth-order valence-electron chi connectivity index (χ4n) is 3.08. The lowest BCUT2D eigenvalue weighted by Gasteiger charge is -2.27. The molecule has 6 heteroatoms. The zero-order chi connectivity index (χ0) is 15.5. The number of nitrogens with two attached hydrogens (primary N) is 1. The highest BCUT2D eigenvalue weighted by Gasteiger charge is 2.33. The molecular weight excluding hydrogens is 284 g/mol. The van der Waals surface area contributed by atoms with Gasteiger partial charge in [0, 0.05) is 5.56 Å². The molecule has 2 rings (SSSR count). The first-order chi connectivity index (χ1) is 9.93. The van der Waals surface area contributed by atoms with Crippen LogP contribution in [0.15, 0.2) is 18.2 Å². The minimum Gasteiger partial charge on any atom is -0.271 e. The maximum Gasteiger partial charge on any atom is 0.416 e. The van der Waals surface area contributed by atoms with Gasteiger partial charge >= 0.3 is 6.18 Å². The molecule has 0 spiro atoms. The van der Waals surface area contributed by atoms with Gasteiger partial charge in [-0.15, -0.1) is 0 Å². The van der Waals surface area contributed by atoms with Crippen LogP contribution in [0.1, 0.15) is 55.7 Å². The largest absolute Gasteiger partial charge is 0.416 e. The van der Waals surface area contributed by atoms with Gasteiger partial charge in [0.1, 0.15) is 5.82 Å². The fraction of sp³-hybridized carbons (Fsp3) is 0.600. The predicted octanol–water partition coefficient (Wildman–Crippen LogP) is 4.32. The summed E-state index contributed by atoms with van der Waals surface area (Å²) in [6.07, 6.45) is 1.45. The highest BCUT2D eigenvalue weighted by atomic mass is 19.4. The summed E-state index contributed by atoms with van der Waals surface area (Å²) in [5, 5.41) is 0. The van der Waals surface area contributed by atoms with Crippen molar-refractivity contribution in [3.63, 3.8) is 0 Å². The molecule has 0 bridgehead atoms. The smallest absolute Gasteiger partial charge is 0.271 e. The second-order valence-electron chi connectivity index (χ2n) is 5.63. The molecule has 1 fully saturated rings. The molecule has 3 N–H and O–H groups in total. The molecule has 1 aliphatic rings. The first kappa shape index (κ1) is 16.2. The van der Waals surface area contributed by atoms with Crippen molar-refractivity contribution in [2.45, 2.75) is 50.7 Å². The van der Waals surface area contributed by atoms with E-state index in [9.17, 15) is 17.6 Å². The molecule has 0 aliphatic heterocycles. The van der Waals surface area contributed by atoms with E-state index in [0.29, 0.717) is 0 Å². The summed E-state index contributed by atoms with van der Waals surface area (Å²) < 4.78 is 52.4. The van der Waals surface area contributed by atoms with Crippen LogP contribution in [-0.4, -0.2) is 0 Å². The number of alkyl halides is 3. The van der Waals surface area contributed by atoms with E-state index >= 15 is 0 Å². The number of hydrogen-bond acceptors (Lipinski definition) is 2. The average Bonchev–Trinajstić information content (AvgIpc) is 2.69. The molecule has 0 heterocycles. The summed E-state index contributed by atoms with van der Waals surface area (Å²) in [6, 6.07) is 1.94. The average molecular weight is 304 g/mol. The van der Waals surface area contributed by atoms with Crippen LogP contribution < -0.4 is 11.3 Å². The number of halogens is 4. The van der Waals surface area contributed by atoms with Crippen LogP contribution in [0.2, 0.25) is 0 Å². The maximum atomic E-state index is 14.0. The van der Waals surface area contributed by atoms with Crippen molar-refractivity contribution in [2.75, 3.05) is 0 Å². The van der Waals surface area contributed by atoms with Crippen LogP contribution in [0.4, 0.5) is 17.6 Å². The lowest BCUT2D eigenvalue weighted by molar-refractivity contribution is -0.137. The van der Waals surface area contributed by atoms with Gasteiger partial charge in [-0.1, -0.05) is 25.7 Å². The highest BCUT2D eigenvalue weighted by Crippen LogP contribution is 2.37. The molecule has 0 amide bonds. The van der Waals surface area contributed by atoms with Gasteiger partial charge in [0.05, 0.1) is 11.6 Å². The Balaban J connectivity index is 2.32. The van der Waals surface area contributed by atoms with Crippen molar-refractivity contribution in [3.05, 3.63) is 35.1 Å². The molecule has 21 heavy (non-hydrogen) atoms. The van der Waals surface area contributed by atoms with Crippen LogP contribution in [0.5, 0.6) is 0 Å². The minimum atomic E-state index is -4.48. The molecule has 1 saturated carbocycles. The van der Waals surface area contributed by atoms with Crippen LogP contribution in [0.25, 0.3) is 0 Å². The topological polar surface area (TPSA) is 38.0 Å². The summed E-state index contributed by atoms with van der Waals surface area (Å²) in [7, 11) is 0. The fourth-order valence-corrected chi connectivity index (χ4v) is 3.08. The molecule has 1 aromatic carbocycles. The van der Waals surface area contributed by atoms with Crippen LogP contribution >= 0.6 is 0 Å². The van der Waals surface area contributed by atoms with Crippen LogP contribution in [0, 0.1) is 11.7 Å². The first-order valence-electron chi connectivity index (χ1n) is 7.26. The third-order valence-electron chi connectivity index (χ3n) is 4.21. The Kier molecular flexibility index (Phi) is 5.22. The molecule has 2 nitrogen and oxygen atoms in total. The van der Waals surface area contributed by atoms with Gasteiger partial charge in [-0.2, -0.15) is 13.2 Å². The number of nitrogens with one attached hydrogen (secondary N) is 1. The summed E-state index contributed by atoms with van der Waals surface area (Å²) in [6.45, 7) is 0. The second kappa shape index (κ2) is 6.75.